The summed E-state index contributed by atoms with van der Waals surface area (Å²) in [5, 5.41) is 0. The number of methoxy groups -OCH3 is 2. The molecule has 0 amide bonds. The molecule has 0 saturated carbocycles. The largest absolute Gasteiger partial charge is 0.485 e. The van der Waals surface area contributed by atoms with Crippen LogP contribution in [0.5, 0.6) is 0 Å². The minimum atomic E-state index is -0.621. The van der Waals surface area contributed by atoms with Gasteiger partial charge in [-0.2, -0.15) is 0 Å². The summed E-state index contributed by atoms with van der Waals surface area (Å²) in [6.07, 6.45) is 2.53. The van der Waals surface area contributed by atoms with Crippen molar-refractivity contribution in [3.05, 3.63) is 12.3 Å². The first kappa shape index (κ1) is 16.0. The number of hydrogen-bond acceptors (Lipinski definition) is 5. The number of esters is 2. The van der Waals surface area contributed by atoms with Crippen LogP contribution in [0.25, 0.3) is 0 Å². The summed E-state index contributed by atoms with van der Waals surface area (Å²) in [6.45, 7) is 4.00. The maximum Gasteiger partial charge on any atom is 0.384 e. The maximum atomic E-state index is 10.9. The highest BCUT2D eigenvalue weighted by atomic mass is 16.5. The van der Waals surface area contributed by atoms with Crippen molar-refractivity contribution in [3.8, 4) is 11.8 Å². The van der Waals surface area contributed by atoms with E-state index in [0.717, 1.165) is 6.08 Å². The zero-order chi connectivity index (χ0) is 14.0. The number of carbonyl (C=O) groups is 2. The molecule has 0 aromatic rings. The Morgan fingerprint density at radius 2 is 1.89 bits per heavy atom. The first-order valence-corrected chi connectivity index (χ1v) is 5.49. The van der Waals surface area contributed by atoms with Gasteiger partial charge in [0, 0.05) is 5.92 Å². The summed E-state index contributed by atoms with van der Waals surface area (Å²) < 4.78 is 14.1. The molecule has 0 aromatic carbocycles. The average Bonchev–Trinajstić information content (AvgIpc) is 2.34. The zero-order valence-electron chi connectivity index (χ0n) is 11.1. The smallest absolute Gasteiger partial charge is 0.384 e. The molecule has 5 heteroatoms. The van der Waals surface area contributed by atoms with Gasteiger partial charge in [-0.15, -0.1) is 0 Å². The van der Waals surface area contributed by atoms with Gasteiger partial charge in [0.15, 0.2) is 6.10 Å². The summed E-state index contributed by atoms with van der Waals surface area (Å²) in [5.41, 5.74) is 0. The van der Waals surface area contributed by atoms with E-state index >= 15 is 0 Å². The standard InChI is InChI=1S/C13H18O5/c1-10(2)9-11(5-6-12(14)16-3)18-8-7-13(15)17-4/h7-8,10-11H,9H2,1-4H3/b8-7+. The lowest BCUT2D eigenvalue weighted by Gasteiger charge is -2.12. The quantitative estimate of drug-likeness (QED) is 0.243. The van der Waals surface area contributed by atoms with Crippen LogP contribution in [-0.4, -0.2) is 32.3 Å². The topological polar surface area (TPSA) is 61.8 Å². The van der Waals surface area contributed by atoms with Gasteiger partial charge in [0.25, 0.3) is 0 Å². The van der Waals surface area contributed by atoms with Gasteiger partial charge in [-0.3, -0.25) is 0 Å². The van der Waals surface area contributed by atoms with Crippen molar-refractivity contribution in [1.29, 1.82) is 0 Å². The van der Waals surface area contributed by atoms with Crippen LogP contribution >= 0.6 is 0 Å². The Labute approximate surface area is 107 Å². The summed E-state index contributed by atoms with van der Waals surface area (Å²) in [7, 11) is 2.53. The molecule has 1 unspecified atom stereocenters. The van der Waals surface area contributed by atoms with Gasteiger partial charge in [-0.05, 0) is 18.3 Å². The molecule has 5 nitrogen and oxygen atoms in total. The van der Waals surface area contributed by atoms with E-state index in [1.807, 2.05) is 13.8 Å². The number of hydrogen-bond donors (Lipinski definition) is 0. The number of carbonyl (C=O) groups excluding carboxylic acids is 2. The van der Waals surface area contributed by atoms with Crippen molar-refractivity contribution < 1.29 is 23.8 Å². The molecule has 0 saturated heterocycles. The first-order valence-electron chi connectivity index (χ1n) is 5.49. The predicted molar refractivity (Wildman–Crippen MR) is 65.3 cm³/mol. The summed E-state index contributed by atoms with van der Waals surface area (Å²) in [4.78, 5) is 21.7. The Hall–Kier alpha value is -1.96. The zero-order valence-corrected chi connectivity index (χ0v) is 11.1. The highest BCUT2D eigenvalue weighted by molar-refractivity contribution is 5.88. The van der Waals surface area contributed by atoms with Crippen molar-refractivity contribution in [2.24, 2.45) is 5.92 Å². The van der Waals surface area contributed by atoms with Gasteiger partial charge in [-0.25, -0.2) is 9.59 Å². The third-order valence-electron chi connectivity index (χ3n) is 1.85. The maximum absolute atomic E-state index is 10.9. The van der Waals surface area contributed by atoms with E-state index in [0.29, 0.717) is 12.3 Å². The van der Waals surface area contributed by atoms with E-state index in [4.69, 9.17) is 4.74 Å². The van der Waals surface area contributed by atoms with Gasteiger partial charge in [-0.1, -0.05) is 13.8 Å². The van der Waals surface area contributed by atoms with E-state index in [-0.39, 0.29) is 0 Å². The van der Waals surface area contributed by atoms with Crippen molar-refractivity contribution in [2.45, 2.75) is 26.4 Å². The molecule has 0 fully saturated rings. The van der Waals surface area contributed by atoms with Crippen molar-refractivity contribution in [1.82, 2.24) is 0 Å². The Morgan fingerprint density at radius 1 is 1.22 bits per heavy atom. The fourth-order valence-corrected chi connectivity index (χ4v) is 1.02. The number of rotatable bonds is 5. The van der Waals surface area contributed by atoms with E-state index in [1.54, 1.807) is 0 Å². The van der Waals surface area contributed by atoms with Crippen molar-refractivity contribution >= 4 is 11.9 Å². The monoisotopic (exact) mass is 254 g/mol. The molecule has 0 radical (unpaired) electrons. The fourth-order valence-electron chi connectivity index (χ4n) is 1.02. The van der Waals surface area contributed by atoms with Crippen molar-refractivity contribution in [2.75, 3.05) is 14.2 Å². The number of ether oxygens (including phenoxy) is 3. The molecule has 0 bridgehead atoms. The van der Waals surface area contributed by atoms with Gasteiger partial charge in [0.2, 0.25) is 0 Å². The van der Waals surface area contributed by atoms with Gasteiger partial charge < -0.3 is 14.2 Å². The molecule has 18 heavy (non-hydrogen) atoms. The molecule has 0 aliphatic carbocycles. The van der Waals surface area contributed by atoms with Crippen molar-refractivity contribution in [3.63, 3.8) is 0 Å². The van der Waals surface area contributed by atoms with Crippen LogP contribution in [0.4, 0.5) is 0 Å². The van der Waals surface area contributed by atoms with E-state index in [1.165, 1.54) is 20.5 Å². The van der Waals surface area contributed by atoms with Crippen LogP contribution in [0, 0.1) is 17.8 Å². The Kier molecular flexibility index (Phi) is 8.12. The molecular formula is C13H18O5. The lowest BCUT2D eigenvalue weighted by atomic mass is 10.1. The molecular weight excluding hydrogens is 236 g/mol. The molecule has 0 aromatic heterocycles. The van der Waals surface area contributed by atoms with E-state index in [2.05, 4.69) is 21.3 Å². The Bertz CT molecular complexity index is 359. The summed E-state index contributed by atoms with van der Waals surface area (Å²) in [6, 6.07) is 0. The summed E-state index contributed by atoms with van der Waals surface area (Å²) in [5.74, 6) is 4.15. The fraction of sp³-hybridized carbons (Fsp3) is 0.538. The molecule has 0 heterocycles. The van der Waals surface area contributed by atoms with E-state index in [9.17, 15) is 9.59 Å². The molecule has 0 N–H and O–H groups in total. The second-order valence-electron chi connectivity index (χ2n) is 3.84. The average molecular weight is 254 g/mol. The highest BCUT2D eigenvalue weighted by Crippen LogP contribution is 2.08. The molecule has 1 atom stereocenters. The normalized spacial score (nSPS) is 11.6. The Balaban J connectivity index is 4.48. The van der Waals surface area contributed by atoms with Crippen LogP contribution < -0.4 is 0 Å². The molecule has 0 aliphatic heterocycles. The third-order valence-corrected chi connectivity index (χ3v) is 1.85. The second-order valence-corrected chi connectivity index (χ2v) is 3.84. The SMILES string of the molecule is COC(=O)C#CC(CC(C)C)O/C=C/C(=O)OC. The minimum Gasteiger partial charge on any atom is -0.485 e. The third kappa shape index (κ3) is 8.22. The van der Waals surface area contributed by atoms with Crippen LogP contribution in [0.1, 0.15) is 20.3 Å². The van der Waals surface area contributed by atoms with Crippen LogP contribution in [0.2, 0.25) is 0 Å². The highest BCUT2D eigenvalue weighted by Gasteiger charge is 2.08. The van der Waals surface area contributed by atoms with Crippen LogP contribution in [-0.2, 0) is 23.8 Å². The van der Waals surface area contributed by atoms with Gasteiger partial charge >= 0.3 is 11.9 Å². The molecule has 0 rings (SSSR count). The molecule has 0 aliphatic rings. The van der Waals surface area contributed by atoms with Gasteiger partial charge in [0.05, 0.1) is 26.6 Å². The van der Waals surface area contributed by atoms with Gasteiger partial charge in [0.1, 0.15) is 0 Å². The molecule has 100 valence electrons. The summed E-state index contributed by atoms with van der Waals surface area (Å²) >= 11 is 0. The van der Waals surface area contributed by atoms with E-state index < -0.39 is 18.0 Å². The first-order chi connectivity index (χ1) is 8.49. The minimum absolute atomic E-state index is 0.341. The second kappa shape index (κ2) is 9.11. The predicted octanol–water partition coefficient (Wildman–Crippen LogP) is 1.28. The Morgan fingerprint density at radius 3 is 2.39 bits per heavy atom. The lowest BCUT2D eigenvalue weighted by molar-refractivity contribution is -0.135. The lowest BCUT2D eigenvalue weighted by Crippen LogP contribution is -2.11. The van der Waals surface area contributed by atoms with Crippen LogP contribution in [0.3, 0.4) is 0 Å². The molecule has 0 spiro atoms. The van der Waals surface area contributed by atoms with Crippen LogP contribution in [0.15, 0.2) is 12.3 Å².